The minimum atomic E-state index is -0.593. The Morgan fingerprint density at radius 2 is 1.61 bits per heavy atom. The number of nitrogens with zero attached hydrogens (tertiary/aromatic N) is 2. The lowest BCUT2D eigenvalue weighted by molar-refractivity contribution is -0.0980. The third-order valence-corrected chi connectivity index (χ3v) is 6.30. The normalized spacial score (nSPS) is 11.5. The Labute approximate surface area is 238 Å². The van der Waals surface area contributed by atoms with Gasteiger partial charge in [-0.1, -0.05) is 24.3 Å². The molecule has 0 atom stereocenters. The molecule has 4 heterocycles. The molecular formula is C30H23ClFN5O4. The Morgan fingerprint density at radius 1 is 0.878 bits per heavy atom. The van der Waals surface area contributed by atoms with Crippen LogP contribution in [0.4, 0.5) is 10.1 Å². The fourth-order valence-electron chi connectivity index (χ4n) is 4.65. The van der Waals surface area contributed by atoms with Gasteiger partial charge in [-0.2, -0.15) is 0 Å². The van der Waals surface area contributed by atoms with Crippen molar-refractivity contribution >= 4 is 69.4 Å². The van der Waals surface area contributed by atoms with Gasteiger partial charge in [-0.25, -0.2) is 4.39 Å². The number of aromatic amines is 1. The zero-order valence-corrected chi connectivity index (χ0v) is 22.2. The average Bonchev–Trinajstić information content (AvgIpc) is 3.50. The summed E-state index contributed by atoms with van der Waals surface area (Å²) in [6.07, 6.45) is 2.87. The highest BCUT2D eigenvalue weighted by molar-refractivity contribution is 6.36. The van der Waals surface area contributed by atoms with Gasteiger partial charge in [-0.05, 0) is 48.5 Å². The van der Waals surface area contributed by atoms with Crippen LogP contribution in [0.15, 0.2) is 85.2 Å². The van der Waals surface area contributed by atoms with Crippen molar-refractivity contribution in [1.29, 1.82) is 0 Å². The summed E-state index contributed by atoms with van der Waals surface area (Å²) >= 11 is 0. The highest BCUT2D eigenvalue weighted by Gasteiger charge is 2.33. The first-order valence-electron chi connectivity index (χ1n) is 12.1. The van der Waals surface area contributed by atoms with Crippen molar-refractivity contribution in [2.75, 3.05) is 5.32 Å². The highest BCUT2D eigenvalue weighted by Crippen LogP contribution is 2.39. The van der Waals surface area contributed by atoms with Gasteiger partial charge in [-0.15, -0.1) is 12.4 Å². The summed E-state index contributed by atoms with van der Waals surface area (Å²) in [7, 11) is 0. The number of para-hydroxylation sites is 1. The number of carbonyl (C=O) groups is 3. The van der Waals surface area contributed by atoms with Gasteiger partial charge in [-0.3, -0.25) is 24.9 Å². The van der Waals surface area contributed by atoms with Gasteiger partial charge in [0.05, 0.1) is 40.6 Å². The molecule has 0 saturated carbocycles. The van der Waals surface area contributed by atoms with Gasteiger partial charge in [0.2, 0.25) is 0 Å². The molecule has 2 amide bonds. The number of carbonyl (C=O) groups excluding carboxylic acids is 3. The lowest BCUT2D eigenvalue weighted by Crippen LogP contribution is -2.20. The SMILES string of the molecule is C=O.Cl.O=C1NC(=O)c2c1c1cc(F)cnc1c1[nH]c3ccc(O)cc3c21.c1ccc(NCc2ccccn2)cc1. The fourth-order valence-corrected chi connectivity index (χ4v) is 4.65. The van der Waals surface area contributed by atoms with E-state index in [-0.39, 0.29) is 34.7 Å². The second kappa shape index (κ2) is 12.2. The van der Waals surface area contributed by atoms with E-state index in [2.05, 4.69) is 25.6 Å². The number of aromatic nitrogens is 3. The van der Waals surface area contributed by atoms with Gasteiger partial charge in [0.15, 0.2) is 0 Å². The number of hydrogen-bond donors (Lipinski definition) is 4. The van der Waals surface area contributed by atoms with Crippen molar-refractivity contribution in [3.05, 3.63) is 108 Å². The van der Waals surface area contributed by atoms with Crippen LogP contribution in [0.5, 0.6) is 5.75 Å². The Hall–Kier alpha value is -5.35. The lowest BCUT2D eigenvalue weighted by Gasteiger charge is -2.05. The summed E-state index contributed by atoms with van der Waals surface area (Å²) in [5.74, 6) is -1.68. The summed E-state index contributed by atoms with van der Waals surface area (Å²) in [4.78, 5) is 44.0. The third-order valence-electron chi connectivity index (χ3n) is 6.30. The third kappa shape index (κ3) is 5.54. The number of anilines is 1. The van der Waals surface area contributed by atoms with Crippen LogP contribution in [0, 0.1) is 5.82 Å². The molecule has 4 N–H and O–H groups in total. The van der Waals surface area contributed by atoms with E-state index in [1.54, 1.807) is 6.07 Å². The number of imide groups is 1. The Morgan fingerprint density at radius 3 is 2.34 bits per heavy atom. The van der Waals surface area contributed by atoms with Gasteiger partial charge in [0, 0.05) is 33.6 Å². The molecule has 0 radical (unpaired) electrons. The number of rotatable bonds is 3. The van der Waals surface area contributed by atoms with E-state index < -0.39 is 17.6 Å². The molecule has 3 aromatic carbocycles. The summed E-state index contributed by atoms with van der Waals surface area (Å²) in [5.41, 5.74) is 4.05. The number of fused-ring (bicyclic) bond motifs is 8. The smallest absolute Gasteiger partial charge is 0.259 e. The van der Waals surface area contributed by atoms with Crippen LogP contribution in [-0.2, 0) is 11.3 Å². The maximum absolute atomic E-state index is 13.7. The maximum atomic E-state index is 13.7. The largest absolute Gasteiger partial charge is 0.508 e. The maximum Gasteiger partial charge on any atom is 0.259 e. The summed E-state index contributed by atoms with van der Waals surface area (Å²) in [5, 5.41) is 16.7. The van der Waals surface area contributed by atoms with Crippen LogP contribution in [0.3, 0.4) is 0 Å². The second-order valence-corrected chi connectivity index (χ2v) is 8.73. The lowest BCUT2D eigenvalue weighted by atomic mass is 9.97. The topological polar surface area (TPSA) is 137 Å². The van der Waals surface area contributed by atoms with Crippen molar-refractivity contribution in [2.45, 2.75) is 6.54 Å². The van der Waals surface area contributed by atoms with Crippen molar-refractivity contribution in [3.8, 4) is 5.75 Å². The summed E-state index contributed by atoms with van der Waals surface area (Å²) in [6.45, 7) is 2.77. The van der Waals surface area contributed by atoms with Crippen LogP contribution in [-0.4, -0.2) is 38.7 Å². The molecule has 1 aliphatic rings. The van der Waals surface area contributed by atoms with Gasteiger partial charge in [0.1, 0.15) is 18.4 Å². The van der Waals surface area contributed by atoms with Crippen LogP contribution in [0.25, 0.3) is 32.7 Å². The zero-order chi connectivity index (χ0) is 28.2. The molecule has 0 bridgehead atoms. The Balaban J connectivity index is 0.000000196. The highest BCUT2D eigenvalue weighted by atomic mass is 35.5. The fraction of sp³-hybridized carbons (Fsp3) is 0.0333. The second-order valence-electron chi connectivity index (χ2n) is 8.73. The number of pyridine rings is 2. The van der Waals surface area contributed by atoms with E-state index in [0.717, 1.165) is 24.1 Å². The molecule has 3 aromatic heterocycles. The van der Waals surface area contributed by atoms with Crippen LogP contribution >= 0.6 is 12.4 Å². The van der Waals surface area contributed by atoms with Crippen molar-refractivity contribution in [1.82, 2.24) is 20.3 Å². The van der Waals surface area contributed by atoms with Crippen LogP contribution < -0.4 is 10.6 Å². The van der Waals surface area contributed by atoms with Crippen molar-refractivity contribution in [2.24, 2.45) is 0 Å². The number of aromatic hydroxyl groups is 1. The molecular weight excluding hydrogens is 549 g/mol. The average molecular weight is 572 g/mol. The predicted octanol–water partition coefficient (Wildman–Crippen LogP) is 5.53. The molecule has 7 rings (SSSR count). The van der Waals surface area contributed by atoms with E-state index in [0.29, 0.717) is 27.3 Å². The molecule has 6 aromatic rings. The van der Waals surface area contributed by atoms with Crippen molar-refractivity contribution in [3.63, 3.8) is 0 Å². The number of hydrogen-bond acceptors (Lipinski definition) is 7. The molecule has 1 aliphatic heterocycles. The number of phenolic OH excluding ortho intramolecular Hbond substituents is 1. The minimum absolute atomic E-state index is 0. The molecule has 0 unspecified atom stereocenters. The van der Waals surface area contributed by atoms with Gasteiger partial charge < -0.3 is 20.2 Å². The standard InChI is InChI=1S/C17H8FN3O3.C12H12N2.CH2O.ClH/c18-6-3-9-12-13(17(24)21-16(12)23)11-8-4-7(22)1-2-10(8)20-15(11)14(9)19-5-6;1-2-6-11(7-3-1)14-10-12-8-4-5-9-13-12;1-2;/h1-5,20,22H,(H,21,23,24);1-9,14H,10H2;1H2;1H. The summed E-state index contributed by atoms with van der Waals surface area (Å²) in [6, 6.07) is 21.9. The minimum Gasteiger partial charge on any atom is -0.508 e. The molecule has 11 heteroatoms. The number of nitrogens with one attached hydrogen (secondary N) is 3. The van der Waals surface area contributed by atoms with E-state index in [1.807, 2.05) is 61.5 Å². The molecule has 0 saturated heterocycles. The molecule has 9 nitrogen and oxygen atoms in total. The molecule has 0 fully saturated rings. The molecule has 206 valence electrons. The number of benzene rings is 3. The molecule has 0 spiro atoms. The number of phenols is 1. The first-order valence-corrected chi connectivity index (χ1v) is 12.1. The molecule has 41 heavy (non-hydrogen) atoms. The van der Waals surface area contributed by atoms with E-state index in [1.165, 1.54) is 18.2 Å². The van der Waals surface area contributed by atoms with Crippen LogP contribution in [0.2, 0.25) is 0 Å². The first kappa shape index (κ1) is 28.7. The summed E-state index contributed by atoms with van der Waals surface area (Å²) < 4.78 is 13.7. The quantitative estimate of drug-likeness (QED) is 0.205. The number of H-pyrrole nitrogens is 1. The van der Waals surface area contributed by atoms with Crippen LogP contribution in [0.1, 0.15) is 26.4 Å². The number of halogens is 2. The van der Waals surface area contributed by atoms with Gasteiger partial charge >= 0.3 is 0 Å². The predicted molar refractivity (Wildman–Crippen MR) is 157 cm³/mol. The van der Waals surface area contributed by atoms with E-state index in [9.17, 15) is 19.1 Å². The number of amides is 2. The zero-order valence-electron chi connectivity index (χ0n) is 21.3. The van der Waals surface area contributed by atoms with Crippen molar-refractivity contribution < 1.29 is 23.9 Å². The van der Waals surface area contributed by atoms with E-state index in [4.69, 9.17) is 4.79 Å². The monoisotopic (exact) mass is 571 g/mol. The Kier molecular flexibility index (Phi) is 8.54. The molecule has 0 aliphatic carbocycles. The first-order chi connectivity index (χ1) is 19.5. The van der Waals surface area contributed by atoms with E-state index >= 15 is 0 Å². The Bertz CT molecular complexity index is 1840. The van der Waals surface area contributed by atoms with Gasteiger partial charge in [0.25, 0.3) is 11.8 Å².